The van der Waals surface area contributed by atoms with E-state index in [9.17, 15) is 4.79 Å². The summed E-state index contributed by atoms with van der Waals surface area (Å²) in [7, 11) is 0. The van der Waals surface area contributed by atoms with Crippen LogP contribution in [0, 0.1) is 5.92 Å². The number of rotatable bonds is 5. The van der Waals surface area contributed by atoms with Crippen LogP contribution in [0.1, 0.15) is 25.7 Å². The van der Waals surface area contributed by atoms with Crippen molar-refractivity contribution in [3.8, 4) is 0 Å². The largest absolute Gasteiger partial charge is 0.447 e. The Kier molecular flexibility index (Phi) is 4.60. The molecule has 1 rings (SSSR count). The van der Waals surface area contributed by atoms with E-state index in [0.717, 1.165) is 12.3 Å². The molecule has 0 aromatic rings. The first-order valence-electron chi connectivity index (χ1n) is 4.84. The van der Waals surface area contributed by atoms with E-state index < -0.39 is 6.09 Å². The van der Waals surface area contributed by atoms with Crippen LogP contribution in [-0.4, -0.2) is 31.0 Å². The van der Waals surface area contributed by atoms with Gasteiger partial charge in [0.25, 0.3) is 0 Å². The molecule has 1 amide bonds. The van der Waals surface area contributed by atoms with E-state index in [-0.39, 0.29) is 13.2 Å². The van der Waals surface area contributed by atoms with E-state index in [4.69, 9.17) is 5.11 Å². The summed E-state index contributed by atoms with van der Waals surface area (Å²) in [6.07, 6.45) is 4.56. The minimum absolute atomic E-state index is 0.0786. The van der Waals surface area contributed by atoms with Crippen LogP contribution in [0.3, 0.4) is 0 Å². The fourth-order valence-corrected chi connectivity index (χ4v) is 1.35. The minimum Gasteiger partial charge on any atom is -0.447 e. The summed E-state index contributed by atoms with van der Waals surface area (Å²) < 4.78 is 4.62. The molecule has 0 unspecified atom stereocenters. The van der Waals surface area contributed by atoms with Crippen molar-refractivity contribution < 1.29 is 14.6 Å². The molecular weight excluding hydrogens is 170 g/mol. The molecule has 1 saturated carbocycles. The Labute approximate surface area is 78.3 Å². The molecule has 0 heterocycles. The molecule has 0 saturated heterocycles. The summed E-state index contributed by atoms with van der Waals surface area (Å²) in [6.45, 7) is 0.653. The maximum absolute atomic E-state index is 10.8. The Bertz CT molecular complexity index is 157. The maximum Gasteiger partial charge on any atom is 0.407 e. The van der Waals surface area contributed by atoms with Crippen LogP contribution in [0.25, 0.3) is 0 Å². The third-order valence-corrected chi connectivity index (χ3v) is 2.37. The van der Waals surface area contributed by atoms with Gasteiger partial charge in [0, 0.05) is 6.54 Å². The monoisotopic (exact) mass is 187 g/mol. The summed E-state index contributed by atoms with van der Waals surface area (Å²) in [6, 6.07) is 0. The highest BCUT2D eigenvalue weighted by atomic mass is 16.6. The number of ether oxygens (including phenoxy) is 1. The highest BCUT2D eigenvalue weighted by molar-refractivity contribution is 5.66. The average Bonchev–Trinajstić information content (AvgIpc) is 2.06. The van der Waals surface area contributed by atoms with Crippen molar-refractivity contribution >= 4 is 6.09 Å². The predicted molar refractivity (Wildman–Crippen MR) is 48.4 cm³/mol. The van der Waals surface area contributed by atoms with Crippen molar-refractivity contribution in [2.75, 3.05) is 19.8 Å². The van der Waals surface area contributed by atoms with E-state index in [1.54, 1.807) is 0 Å². The molecule has 0 aliphatic heterocycles. The second-order valence-electron chi connectivity index (χ2n) is 3.37. The SMILES string of the molecule is O=C(NCCC1CCC1)OCCO. The third-order valence-electron chi connectivity index (χ3n) is 2.37. The van der Waals surface area contributed by atoms with Gasteiger partial charge in [0.15, 0.2) is 0 Å². The Balaban J connectivity index is 1.88. The molecular formula is C9H17NO3. The van der Waals surface area contributed by atoms with Gasteiger partial charge in [0.1, 0.15) is 6.61 Å². The van der Waals surface area contributed by atoms with Crippen LogP contribution in [0.2, 0.25) is 0 Å². The van der Waals surface area contributed by atoms with Crippen LogP contribution in [-0.2, 0) is 4.74 Å². The second kappa shape index (κ2) is 5.80. The zero-order chi connectivity index (χ0) is 9.52. The highest BCUT2D eigenvalue weighted by Gasteiger charge is 2.16. The predicted octanol–water partition coefficient (Wildman–Crippen LogP) is 0.895. The number of carbonyl (C=O) groups excluding carboxylic acids is 1. The molecule has 4 nitrogen and oxygen atoms in total. The van der Waals surface area contributed by atoms with E-state index in [1.807, 2.05) is 0 Å². The number of alkyl carbamates (subject to hydrolysis) is 1. The summed E-state index contributed by atoms with van der Waals surface area (Å²) in [5.74, 6) is 0.804. The van der Waals surface area contributed by atoms with Gasteiger partial charge in [-0.25, -0.2) is 4.79 Å². The molecule has 0 bridgehead atoms. The lowest BCUT2D eigenvalue weighted by Gasteiger charge is -2.24. The standard InChI is InChI=1S/C9H17NO3/c11-6-7-13-9(12)10-5-4-8-2-1-3-8/h8,11H,1-7H2,(H,10,12). The molecule has 0 aromatic carbocycles. The number of nitrogens with one attached hydrogen (secondary N) is 1. The normalized spacial score (nSPS) is 16.4. The van der Waals surface area contributed by atoms with Crippen LogP contribution >= 0.6 is 0 Å². The fourth-order valence-electron chi connectivity index (χ4n) is 1.35. The molecule has 0 aromatic heterocycles. The number of amides is 1. The van der Waals surface area contributed by atoms with Gasteiger partial charge in [-0.3, -0.25) is 0 Å². The summed E-state index contributed by atoms with van der Waals surface area (Å²) in [5, 5.41) is 11.0. The molecule has 2 N–H and O–H groups in total. The molecule has 0 atom stereocenters. The molecule has 1 fully saturated rings. The van der Waals surface area contributed by atoms with Crippen LogP contribution < -0.4 is 5.32 Å². The average molecular weight is 187 g/mol. The lowest BCUT2D eigenvalue weighted by Crippen LogP contribution is -2.28. The maximum atomic E-state index is 10.8. The number of carbonyl (C=O) groups is 1. The van der Waals surface area contributed by atoms with Crippen LogP contribution in [0.4, 0.5) is 4.79 Å². The number of hydrogen-bond donors (Lipinski definition) is 2. The van der Waals surface area contributed by atoms with Gasteiger partial charge in [0.2, 0.25) is 0 Å². The van der Waals surface area contributed by atoms with Gasteiger partial charge in [0.05, 0.1) is 6.61 Å². The van der Waals surface area contributed by atoms with E-state index in [1.165, 1.54) is 19.3 Å². The summed E-state index contributed by atoms with van der Waals surface area (Å²) in [4.78, 5) is 10.8. The van der Waals surface area contributed by atoms with Gasteiger partial charge < -0.3 is 15.2 Å². The van der Waals surface area contributed by atoms with E-state index >= 15 is 0 Å². The van der Waals surface area contributed by atoms with Crippen LogP contribution in [0.5, 0.6) is 0 Å². The first-order chi connectivity index (χ1) is 6.33. The summed E-state index contributed by atoms with van der Waals surface area (Å²) >= 11 is 0. The molecule has 13 heavy (non-hydrogen) atoms. The van der Waals surface area contributed by atoms with Crippen molar-refractivity contribution in [3.63, 3.8) is 0 Å². The van der Waals surface area contributed by atoms with Crippen molar-refractivity contribution in [2.45, 2.75) is 25.7 Å². The molecule has 1 aliphatic carbocycles. The lowest BCUT2D eigenvalue weighted by atomic mass is 9.83. The van der Waals surface area contributed by atoms with Gasteiger partial charge in [-0.1, -0.05) is 19.3 Å². The Morgan fingerprint density at radius 1 is 1.54 bits per heavy atom. The second-order valence-corrected chi connectivity index (χ2v) is 3.37. The zero-order valence-corrected chi connectivity index (χ0v) is 7.79. The van der Waals surface area contributed by atoms with Crippen molar-refractivity contribution in [3.05, 3.63) is 0 Å². The van der Waals surface area contributed by atoms with Gasteiger partial charge in [-0.2, -0.15) is 0 Å². The fraction of sp³-hybridized carbons (Fsp3) is 0.889. The first kappa shape index (κ1) is 10.3. The molecule has 76 valence electrons. The van der Waals surface area contributed by atoms with E-state index in [0.29, 0.717) is 6.54 Å². The molecule has 4 heteroatoms. The zero-order valence-electron chi connectivity index (χ0n) is 7.79. The summed E-state index contributed by atoms with van der Waals surface area (Å²) in [5.41, 5.74) is 0. The number of aliphatic hydroxyl groups excluding tert-OH is 1. The number of aliphatic hydroxyl groups is 1. The minimum atomic E-state index is -0.423. The number of hydrogen-bond acceptors (Lipinski definition) is 3. The van der Waals surface area contributed by atoms with Gasteiger partial charge in [-0.15, -0.1) is 0 Å². The lowest BCUT2D eigenvalue weighted by molar-refractivity contribution is 0.118. The topological polar surface area (TPSA) is 58.6 Å². The smallest absolute Gasteiger partial charge is 0.407 e. The van der Waals surface area contributed by atoms with Crippen molar-refractivity contribution in [1.82, 2.24) is 5.32 Å². The van der Waals surface area contributed by atoms with Gasteiger partial charge >= 0.3 is 6.09 Å². The molecule has 0 radical (unpaired) electrons. The highest BCUT2D eigenvalue weighted by Crippen LogP contribution is 2.28. The Morgan fingerprint density at radius 3 is 2.85 bits per heavy atom. The van der Waals surface area contributed by atoms with Crippen molar-refractivity contribution in [2.24, 2.45) is 5.92 Å². The first-order valence-corrected chi connectivity index (χ1v) is 4.84. The van der Waals surface area contributed by atoms with Gasteiger partial charge in [-0.05, 0) is 12.3 Å². The molecule has 1 aliphatic rings. The third kappa shape index (κ3) is 4.12. The van der Waals surface area contributed by atoms with Crippen molar-refractivity contribution in [1.29, 1.82) is 0 Å². The Hall–Kier alpha value is -0.770. The quantitative estimate of drug-likeness (QED) is 0.672. The Morgan fingerprint density at radius 2 is 2.31 bits per heavy atom. The molecule has 0 spiro atoms. The van der Waals surface area contributed by atoms with Crippen LogP contribution in [0.15, 0.2) is 0 Å². The van der Waals surface area contributed by atoms with E-state index in [2.05, 4.69) is 10.1 Å².